The van der Waals surface area contributed by atoms with E-state index < -0.39 is 0 Å². The molecule has 29 heavy (non-hydrogen) atoms. The fourth-order valence-corrected chi connectivity index (χ4v) is 4.03. The minimum atomic E-state index is -0.387. The van der Waals surface area contributed by atoms with E-state index >= 15 is 0 Å². The molecule has 3 aromatic rings. The number of thiophene rings is 1. The van der Waals surface area contributed by atoms with Crippen molar-refractivity contribution in [2.24, 2.45) is 0 Å². The third-order valence-electron chi connectivity index (χ3n) is 4.13. The maximum Gasteiger partial charge on any atom is 0.341 e. The van der Waals surface area contributed by atoms with Crippen LogP contribution in [0.2, 0.25) is 0 Å². The number of hydrogen-bond donors (Lipinski definition) is 2. The van der Waals surface area contributed by atoms with E-state index in [4.69, 9.17) is 17.0 Å². The molecule has 0 aliphatic heterocycles. The maximum absolute atomic E-state index is 13.0. The Morgan fingerprint density at radius 2 is 1.86 bits per heavy atom. The third-order valence-corrected chi connectivity index (χ3v) is 5.47. The van der Waals surface area contributed by atoms with E-state index in [1.54, 1.807) is 19.1 Å². The average Bonchev–Trinajstić information content (AvgIpc) is 3.14. The number of carbonyl (C=O) groups is 1. The summed E-state index contributed by atoms with van der Waals surface area (Å²) in [6.07, 6.45) is 0.701. The molecule has 0 aliphatic rings. The van der Waals surface area contributed by atoms with Crippen LogP contribution >= 0.6 is 23.6 Å². The Balaban J connectivity index is 1.67. The molecule has 0 bridgehead atoms. The summed E-state index contributed by atoms with van der Waals surface area (Å²) in [7, 11) is 0. The first-order chi connectivity index (χ1) is 14.1. The van der Waals surface area contributed by atoms with Gasteiger partial charge in [-0.2, -0.15) is 0 Å². The number of rotatable bonds is 7. The smallest absolute Gasteiger partial charge is 0.341 e. The number of esters is 1. The number of nitrogens with one attached hydrogen (secondary N) is 2. The minimum absolute atomic E-state index is 0.252. The molecule has 0 atom stereocenters. The Morgan fingerprint density at radius 3 is 2.55 bits per heavy atom. The van der Waals surface area contributed by atoms with E-state index in [0.29, 0.717) is 35.2 Å². The quantitative estimate of drug-likeness (QED) is 0.397. The predicted octanol–water partition coefficient (Wildman–Crippen LogP) is 5.26. The van der Waals surface area contributed by atoms with Crippen LogP contribution in [-0.4, -0.2) is 24.2 Å². The lowest BCUT2D eigenvalue weighted by Gasteiger charge is -2.10. The molecule has 7 heteroatoms. The average molecular weight is 429 g/mol. The lowest BCUT2D eigenvalue weighted by Crippen LogP contribution is -2.30. The highest BCUT2D eigenvalue weighted by molar-refractivity contribution is 7.80. The molecule has 1 aromatic heterocycles. The number of benzene rings is 2. The van der Waals surface area contributed by atoms with Crippen LogP contribution in [0.3, 0.4) is 0 Å². The van der Waals surface area contributed by atoms with Crippen LogP contribution < -0.4 is 10.6 Å². The topological polar surface area (TPSA) is 50.4 Å². The largest absolute Gasteiger partial charge is 0.462 e. The van der Waals surface area contributed by atoms with Gasteiger partial charge in [0.15, 0.2) is 5.11 Å². The molecule has 1 heterocycles. The number of carbonyl (C=O) groups excluding carboxylic acids is 1. The molecule has 0 fully saturated rings. The number of anilines is 1. The van der Waals surface area contributed by atoms with Gasteiger partial charge in [0.1, 0.15) is 10.8 Å². The Bertz CT molecular complexity index is 972. The van der Waals surface area contributed by atoms with E-state index in [2.05, 4.69) is 10.6 Å². The summed E-state index contributed by atoms with van der Waals surface area (Å²) in [6.45, 7) is 2.66. The van der Waals surface area contributed by atoms with Crippen LogP contribution in [0.5, 0.6) is 0 Å². The second kappa shape index (κ2) is 10.1. The van der Waals surface area contributed by atoms with Gasteiger partial charge in [0, 0.05) is 11.4 Å². The minimum Gasteiger partial charge on any atom is -0.462 e. The van der Waals surface area contributed by atoms with Gasteiger partial charge in [0.25, 0.3) is 0 Å². The molecule has 0 saturated heterocycles. The summed E-state index contributed by atoms with van der Waals surface area (Å²) in [5.41, 5.74) is 2.49. The van der Waals surface area contributed by atoms with Crippen LogP contribution in [0.15, 0.2) is 60.7 Å². The Kier molecular flexibility index (Phi) is 7.32. The summed E-state index contributed by atoms with van der Waals surface area (Å²) in [4.78, 5) is 13.3. The fourth-order valence-electron chi connectivity index (χ4n) is 2.71. The monoisotopic (exact) mass is 428 g/mol. The molecule has 0 spiro atoms. The van der Waals surface area contributed by atoms with Gasteiger partial charge >= 0.3 is 5.97 Å². The highest BCUT2D eigenvalue weighted by atomic mass is 32.1. The van der Waals surface area contributed by atoms with Gasteiger partial charge in [-0.05, 0) is 54.9 Å². The molecular formula is C22H21FN2O2S2. The van der Waals surface area contributed by atoms with Crippen molar-refractivity contribution in [1.29, 1.82) is 0 Å². The van der Waals surface area contributed by atoms with Crippen LogP contribution in [0.25, 0.3) is 10.4 Å². The molecule has 0 unspecified atom stereocenters. The van der Waals surface area contributed by atoms with Crippen molar-refractivity contribution in [3.8, 4) is 10.4 Å². The fraction of sp³-hybridized carbons (Fsp3) is 0.182. The van der Waals surface area contributed by atoms with Crippen molar-refractivity contribution in [3.63, 3.8) is 0 Å². The molecule has 3 rings (SSSR count). The van der Waals surface area contributed by atoms with Gasteiger partial charge in [-0.1, -0.05) is 42.5 Å². The van der Waals surface area contributed by atoms with Gasteiger partial charge in [0.05, 0.1) is 12.2 Å². The molecule has 2 N–H and O–H groups in total. The number of halogens is 1. The third kappa shape index (κ3) is 5.85. The molecule has 150 valence electrons. The number of ether oxygens (including phenoxy) is 1. The summed E-state index contributed by atoms with van der Waals surface area (Å²) in [5.74, 6) is -0.639. The molecule has 0 amide bonds. The lowest BCUT2D eigenvalue weighted by molar-refractivity contribution is 0.0528. The van der Waals surface area contributed by atoms with E-state index in [1.165, 1.54) is 23.5 Å². The lowest BCUT2D eigenvalue weighted by atomic mass is 10.1. The standard InChI is InChI=1S/C22H21FN2O2S2/c1-2-27-21(26)18-14-19(16-6-4-3-5-7-16)29-20(18)25-22(28)24-13-12-15-8-10-17(23)11-9-15/h3-11,14H,2,12-13H2,1H3,(H2,24,25,28). The SMILES string of the molecule is CCOC(=O)c1cc(-c2ccccc2)sc1NC(=S)NCCc1ccc(F)cc1. The van der Waals surface area contributed by atoms with Crippen molar-refractivity contribution in [3.05, 3.63) is 77.6 Å². The summed E-state index contributed by atoms with van der Waals surface area (Å²) < 4.78 is 18.2. The first-order valence-corrected chi connectivity index (χ1v) is 10.4. The Labute approximate surface area is 178 Å². The highest BCUT2D eigenvalue weighted by Crippen LogP contribution is 2.35. The van der Waals surface area contributed by atoms with Crippen LogP contribution in [0.4, 0.5) is 9.39 Å². The van der Waals surface area contributed by atoms with Crippen LogP contribution in [-0.2, 0) is 11.2 Å². The van der Waals surface area contributed by atoms with E-state index in [-0.39, 0.29) is 11.8 Å². The van der Waals surface area contributed by atoms with Crippen molar-refractivity contribution < 1.29 is 13.9 Å². The molecule has 2 aromatic carbocycles. The van der Waals surface area contributed by atoms with Crippen molar-refractivity contribution in [1.82, 2.24) is 5.32 Å². The highest BCUT2D eigenvalue weighted by Gasteiger charge is 2.19. The zero-order valence-electron chi connectivity index (χ0n) is 15.9. The maximum atomic E-state index is 13.0. The summed E-state index contributed by atoms with van der Waals surface area (Å²) in [5, 5.41) is 7.29. The van der Waals surface area contributed by atoms with Crippen molar-refractivity contribution >= 4 is 39.6 Å². The van der Waals surface area contributed by atoms with Crippen molar-refractivity contribution in [2.45, 2.75) is 13.3 Å². The molecule has 0 saturated carbocycles. The van der Waals surface area contributed by atoms with Crippen molar-refractivity contribution in [2.75, 3.05) is 18.5 Å². The molecule has 0 aliphatic carbocycles. The first kappa shape index (κ1) is 21.0. The molecule has 4 nitrogen and oxygen atoms in total. The Morgan fingerprint density at radius 1 is 1.14 bits per heavy atom. The van der Waals surface area contributed by atoms with E-state index in [1.807, 2.05) is 36.4 Å². The van der Waals surface area contributed by atoms with Crippen LogP contribution in [0, 0.1) is 5.82 Å². The van der Waals surface area contributed by atoms with Gasteiger partial charge in [-0.3, -0.25) is 0 Å². The molecular weight excluding hydrogens is 407 g/mol. The van der Waals surface area contributed by atoms with Gasteiger partial charge < -0.3 is 15.4 Å². The summed E-state index contributed by atoms with van der Waals surface area (Å²) in [6, 6.07) is 18.0. The Hall–Kier alpha value is -2.77. The zero-order valence-corrected chi connectivity index (χ0v) is 17.5. The normalized spacial score (nSPS) is 10.4. The van der Waals surface area contributed by atoms with Gasteiger partial charge in [-0.15, -0.1) is 11.3 Å². The molecule has 0 radical (unpaired) electrons. The zero-order chi connectivity index (χ0) is 20.6. The van der Waals surface area contributed by atoms with E-state index in [9.17, 15) is 9.18 Å². The summed E-state index contributed by atoms with van der Waals surface area (Å²) >= 11 is 6.83. The number of hydrogen-bond acceptors (Lipinski definition) is 4. The van der Waals surface area contributed by atoms with E-state index in [0.717, 1.165) is 16.0 Å². The predicted molar refractivity (Wildman–Crippen MR) is 120 cm³/mol. The van der Waals surface area contributed by atoms with Gasteiger partial charge in [-0.25, -0.2) is 9.18 Å². The number of thiocarbonyl (C=S) groups is 1. The second-order valence-corrected chi connectivity index (χ2v) is 7.66. The second-order valence-electron chi connectivity index (χ2n) is 6.20. The first-order valence-electron chi connectivity index (χ1n) is 9.22. The van der Waals surface area contributed by atoms with Crippen LogP contribution in [0.1, 0.15) is 22.8 Å². The van der Waals surface area contributed by atoms with Gasteiger partial charge in [0.2, 0.25) is 0 Å².